The number of carbonyl (C=O) groups is 1. The molecule has 1 aromatic rings. The third kappa shape index (κ3) is 3.49. The van der Waals surface area contributed by atoms with Crippen molar-refractivity contribution in [3.8, 4) is 0 Å². The van der Waals surface area contributed by atoms with Crippen molar-refractivity contribution in [2.45, 2.75) is 30.2 Å². The number of halogens is 1. The highest BCUT2D eigenvalue weighted by molar-refractivity contribution is 7.89. The first kappa shape index (κ1) is 15.2. The molecule has 1 amide bonds. The number of nitrogens with one attached hydrogen (secondary N) is 1. The van der Waals surface area contributed by atoms with Crippen molar-refractivity contribution in [3.63, 3.8) is 0 Å². The van der Waals surface area contributed by atoms with E-state index in [9.17, 15) is 13.2 Å². The molecule has 110 valence electrons. The lowest BCUT2D eigenvalue weighted by Gasteiger charge is -2.12. The van der Waals surface area contributed by atoms with Crippen molar-refractivity contribution in [1.29, 1.82) is 0 Å². The Bertz CT molecular complexity index is 633. The first-order chi connectivity index (χ1) is 9.27. The fraction of sp³-hybridized carbons (Fsp3) is 0.417. The number of benzene rings is 1. The van der Waals surface area contributed by atoms with E-state index in [2.05, 4.69) is 5.32 Å². The number of hydrogen-bond acceptors (Lipinski definition) is 4. The molecule has 0 radical (unpaired) electrons. The molecule has 0 aliphatic heterocycles. The minimum Gasteiger partial charge on any atom is -0.328 e. The van der Waals surface area contributed by atoms with Crippen LogP contribution in [-0.2, 0) is 14.8 Å². The Morgan fingerprint density at radius 3 is 2.60 bits per heavy atom. The van der Waals surface area contributed by atoms with Crippen LogP contribution in [0.3, 0.4) is 0 Å². The van der Waals surface area contributed by atoms with Crippen LogP contribution in [0.2, 0.25) is 5.02 Å². The molecular weight excluding hydrogens is 302 g/mol. The first-order valence-electron chi connectivity index (χ1n) is 6.16. The van der Waals surface area contributed by atoms with Gasteiger partial charge in [-0.15, -0.1) is 0 Å². The fourth-order valence-corrected chi connectivity index (χ4v) is 2.97. The van der Waals surface area contributed by atoms with Gasteiger partial charge in [-0.05, 0) is 37.5 Å². The molecule has 20 heavy (non-hydrogen) atoms. The van der Waals surface area contributed by atoms with Crippen LogP contribution in [0, 0.1) is 5.92 Å². The average Bonchev–Trinajstić information content (AvgIpc) is 2.77. The highest BCUT2D eigenvalue weighted by atomic mass is 35.5. The third-order valence-electron chi connectivity index (χ3n) is 3.37. The van der Waals surface area contributed by atoms with Crippen molar-refractivity contribution >= 4 is 33.2 Å². The number of rotatable bonds is 3. The molecule has 0 aromatic heterocycles. The molecule has 1 fully saturated rings. The first-order valence-corrected chi connectivity index (χ1v) is 8.08. The fourth-order valence-electron chi connectivity index (χ4n) is 2.27. The summed E-state index contributed by atoms with van der Waals surface area (Å²) in [6.07, 6.45) is 2.15. The Morgan fingerprint density at radius 2 is 2.05 bits per heavy atom. The van der Waals surface area contributed by atoms with Crippen LogP contribution in [0.4, 0.5) is 5.69 Å². The van der Waals surface area contributed by atoms with Gasteiger partial charge >= 0.3 is 0 Å². The topological polar surface area (TPSA) is 115 Å². The van der Waals surface area contributed by atoms with E-state index in [1.54, 1.807) is 0 Å². The predicted molar refractivity (Wildman–Crippen MR) is 76.8 cm³/mol. The summed E-state index contributed by atoms with van der Waals surface area (Å²) in [5, 5.41) is 7.94. The van der Waals surface area contributed by atoms with Crippen LogP contribution in [0.5, 0.6) is 0 Å². The molecule has 8 heteroatoms. The van der Waals surface area contributed by atoms with Crippen LogP contribution >= 0.6 is 11.6 Å². The highest BCUT2D eigenvalue weighted by Crippen LogP contribution is 2.29. The monoisotopic (exact) mass is 317 g/mol. The molecule has 1 saturated carbocycles. The van der Waals surface area contributed by atoms with Crippen LogP contribution in [0.15, 0.2) is 23.1 Å². The second-order valence-electron chi connectivity index (χ2n) is 4.95. The van der Waals surface area contributed by atoms with Crippen molar-refractivity contribution < 1.29 is 13.2 Å². The summed E-state index contributed by atoms with van der Waals surface area (Å²) >= 11 is 5.95. The molecule has 0 saturated heterocycles. The molecular formula is C12H16ClN3O3S. The Labute approximate surface area is 122 Å². The Hall–Kier alpha value is -1.15. The van der Waals surface area contributed by atoms with E-state index < -0.39 is 10.0 Å². The second-order valence-corrected chi connectivity index (χ2v) is 6.91. The van der Waals surface area contributed by atoms with Gasteiger partial charge < -0.3 is 11.1 Å². The van der Waals surface area contributed by atoms with Crippen LogP contribution in [0.1, 0.15) is 19.3 Å². The van der Waals surface area contributed by atoms with Gasteiger partial charge in [-0.3, -0.25) is 4.79 Å². The van der Waals surface area contributed by atoms with Crippen molar-refractivity contribution in [3.05, 3.63) is 23.2 Å². The minimum absolute atomic E-state index is 0.0389. The maximum atomic E-state index is 12.1. The number of carbonyl (C=O) groups excluding carboxylic acids is 1. The van der Waals surface area contributed by atoms with Crippen LogP contribution in [-0.4, -0.2) is 20.4 Å². The van der Waals surface area contributed by atoms with E-state index >= 15 is 0 Å². The van der Waals surface area contributed by atoms with Gasteiger partial charge in [0.25, 0.3) is 0 Å². The zero-order valence-electron chi connectivity index (χ0n) is 10.7. The largest absolute Gasteiger partial charge is 0.328 e. The molecule has 0 spiro atoms. The number of primary sulfonamides is 1. The van der Waals surface area contributed by atoms with Gasteiger partial charge in [0.1, 0.15) is 0 Å². The molecule has 0 heterocycles. The van der Waals surface area contributed by atoms with Gasteiger partial charge in [-0.2, -0.15) is 0 Å². The normalized spacial score (nSPS) is 22.8. The third-order valence-corrected chi connectivity index (χ3v) is 4.61. The van der Waals surface area contributed by atoms with Gasteiger partial charge in [0, 0.05) is 12.0 Å². The van der Waals surface area contributed by atoms with E-state index in [0.717, 1.165) is 12.8 Å². The predicted octanol–water partition coefficient (Wildman–Crippen LogP) is 1.05. The molecule has 1 aromatic carbocycles. The lowest BCUT2D eigenvalue weighted by Crippen LogP contribution is -2.23. The minimum atomic E-state index is -3.84. The van der Waals surface area contributed by atoms with Crippen molar-refractivity contribution in [2.24, 2.45) is 16.8 Å². The zero-order chi connectivity index (χ0) is 14.9. The second kappa shape index (κ2) is 5.69. The van der Waals surface area contributed by atoms with E-state index in [1.807, 2.05) is 0 Å². The van der Waals surface area contributed by atoms with Gasteiger partial charge in [0.05, 0.1) is 15.6 Å². The summed E-state index contributed by atoms with van der Waals surface area (Å²) in [7, 11) is -3.84. The van der Waals surface area contributed by atoms with E-state index in [1.165, 1.54) is 18.2 Å². The summed E-state index contributed by atoms with van der Waals surface area (Å²) in [4.78, 5) is 12.0. The summed E-state index contributed by atoms with van der Waals surface area (Å²) in [6, 6.07) is 3.97. The molecule has 1 aliphatic rings. The molecule has 0 bridgehead atoms. The molecule has 2 rings (SSSR count). The number of anilines is 1. The van der Waals surface area contributed by atoms with Crippen molar-refractivity contribution in [1.82, 2.24) is 0 Å². The van der Waals surface area contributed by atoms with Gasteiger partial charge in [-0.25, -0.2) is 13.6 Å². The van der Waals surface area contributed by atoms with E-state index in [4.69, 9.17) is 22.5 Å². The molecule has 2 unspecified atom stereocenters. The number of amides is 1. The molecule has 6 nitrogen and oxygen atoms in total. The van der Waals surface area contributed by atoms with E-state index in [-0.39, 0.29) is 33.5 Å². The summed E-state index contributed by atoms with van der Waals surface area (Å²) in [5.41, 5.74) is 6.01. The number of sulfonamides is 1. The highest BCUT2D eigenvalue weighted by Gasteiger charge is 2.28. The quantitative estimate of drug-likeness (QED) is 0.772. The Kier molecular flexibility index (Phi) is 4.33. The lowest BCUT2D eigenvalue weighted by molar-refractivity contribution is -0.119. The SMILES string of the molecule is NC1CCC(C(=O)Nc2cc(S(N)(=O)=O)ccc2Cl)C1. The summed E-state index contributed by atoms with van der Waals surface area (Å²) in [6.45, 7) is 0. The lowest BCUT2D eigenvalue weighted by atomic mass is 10.1. The summed E-state index contributed by atoms with van der Waals surface area (Å²) < 4.78 is 22.6. The Morgan fingerprint density at radius 1 is 1.35 bits per heavy atom. The van der Waals surface area contributed by atoms with E-state index in [0.29, 0.717) is 6.42 Å². The maximum absolute atomic E-state index is 12.1. The van der Waals surface area contributed by atoms with Crippen LogP contribution < -0.4 is 16.2 Å². The van der Waals surface area contributed by atoms with Gasteiger partial charge in [0.2, 0.25) is 15.9 Å². The maximum Gasteiger partial charge on any atom is 0.238 e. The van der Waals surface area contributed by atoms with Crippen molar-refractivity contribution in [2.75, 3.05) is 5.32 Å². The smallest absolute Gasteiger partial charge is 0.238 e. The number of hydrogen-bond donors (Lipinski definition) is 3. The van der Waals surface area contributed by atoms with Crippen LogP contribution in [0.25, 0.3) is 0 Å². The van der Waals surface area contributed by atoms with Gasteiger partial charge in [0.15, 0.2) is 0 Å². The molecule has 2 atom stereocenters. The standard InChI is InChI=1S/C12H16ClN3O3S/c13-10-4-3-9(20(15,18)19)6-11(10)16-12(17)7-1-2-8(14)5-7/h3-4,6-8H,1-2,5,14H2,(H,16,17)(H2,15,18,19). The number of nitrogens with two attached hydrogens (primary N) is 2. The van der Waals surface area contributed by atoms with Gasteiger partial charge in [-0.1, -0.05) is 11.6 Å². The molecule has 5 N–H and O–H groups in total. The molecule has 1 aliphatic carbocycles. The summed E-state index contributed by atoms with van der Waals surface area (Å²) in [5.74, 6) is -0.370. The zero-order valence-corrected chi connectivity index (χ0v) is 12.2. The average molecular weight is 318 g/mol. The Balaban J connectivity index is 2.18.